The van der Waals surface area contributed by atoms with Gasteiger partial charge in [0, 0.05) is 24.0 Å². The van der Waals surface area contributed by atoms with E-state index in [9.17, 15) is 0 Å². The summed E-state index contributed by atoms with van der Waals surface area (Å²) >= 11 is 5.40. The molecule has 4 atom stereocenters. The van der Waals surface area contributed by atoms with Crippen molar-refractivity contribution in [2.75, 3.05) is 13.1 Å². The average molecular weight is 329 g/mol. The Morgan fingerprint density at radius 3 is 2.50 bits per heavy atom. The molecule has 1 aliphatic carbocycles. The van der Waals surface area contributed by atoms with Crippen molar-refractivity contribution in [2.45, 2.75) is 38.3 Å². The van der Waals surface area contributed by atoms with E-state index in [4.69, 9.17) is 5.73 Å². The van der Waals surface area contributed by atoms with Crippen LogP contribution in [-0.4, -0.2) is 24.0 Å². The Kier molecular flexibility index (Phi) is 3.81. The molecule has 2 aliphatic rings. The van der Waals surface area contributed by atoms with Crippen LogP contribution in [0.2, 0.25) is 0 Å². The van der Waals surface area contributed by atoms with E-state index in [2.05, 4.69) is 39.9 Å². The van der Waals surface area contributed by atoms with Gasteiger partial charge in [0.1, 0.15) is 0 Å². The summed E-state index contributed by atoms with van der Waals surface area (Å²) in [6.45, 7) is 4.66. The van der Waals surface area contributed by atoms with Crippen LogP contribution in [0.3, 0.4) is 0 Å². The van der Waals surface area contributed by atoms with Crippen molar-refractivity contribution in [3.05, 3.63) is 20.8 Å². The molecule has 3 rings (SSSR count). The second-order valence-corrected chi connectivity index (χ2v) is 8.35. The van der Waals surface area contributed by atoms with Crippen molar-refractivity contribution in [1.82, 2.24) is 4.90 Å². The zero-order valence-corrected chi connectivity index (χ0v) is 13.2. The Labute approximate surface area is 122 Å². The van der Waals surface area contributed by atoms with E-state index in [-0.39, 0.29) is 6.04 Å². The highest BCUT2D eigenvalue weighted by molar-refractivity contribution is 9.11. The summed E-state index contributed by atoms with van der Waals surface area (Å²) in [7, 11) is 0. The van der Waals surface area contributed by atoms with Gasteiger partial charge in [-0.2, -0.15) is 0 Å². The number of thiophene rings is 1. The van der Waals surface area contributed by atoms with E-state index in [1.54, 1.807) is 0 Å². The molecule has 0 radical (unpaired) electrons. The molecule has 2 nitrogen and oxygen atoms in total. The van der Waals surface area contributed by atoms with Crippen LogP contribution in [0.4, 0.5) is 0 Å². The third-order valence-corrected chi connectivity index (χ3v) is 6.23. The number of halogens is 1. The van der Waals surface area contributed by atoms with Gasteiger partial charge in [-0.25, -0.2) is 0 Å². The van der Waals surface area contributed by atoms with Gasteiger partial charge >= 0.3 is 0 Å². The molecule has 0 bridgehead atoms. The fourth-order valence-corrected chi connectivity index (χ4v) is 5.43. The lowest BCUT2D eigenvalue weighted by molar-refractivity contribution is 0.206. The van der Waals surface area contributed by atoms with Crippen molar-refractivity contribution in [3.8, 4) is 0 Å². The highest BCUT2D eigenvalue weighted by atomic mass is 79.9. The molecule has 0 amide bonds. The molecule has 1 aromatic rings. The second-order valence-electron chi connectivity index (χ2n) is 5.85. The van der Waals surface area contributed by atoms with Gasteiger partial charge in [0.25, 0.3) is 0 Å². The normalized spacial score (nSPS) is 31.5. The molecule has 2 heterocycles. The smallest absolute Gasteiger partial charge is 0.0702 e. The summed E-state index contributed by atoms with van der Waals surface area (Å²) in [5, 5.41) is 0. The van der Waals surface area contributed by atoms with E-state index >= 15 is 0 Å². The maximum absolute atomic E-state index is 6.26. The number of hydrogen-bond donors (Lipinski definition) is 1. The van der Waals surface area contributed by atoms with Crippen LogP contribution in [0, 0.1) is 11.8 Å². The van der Waals surface area contributed by atoms with Gasteiger partial charge < -0.3 is 5.73 Å². The minimum Gasteiger partial charge on any atom is -0.326 e. The Morgan fingerprint density at radius 2 is 2.00 bits per heavy atom. The first-order valence-electron chi connectivity index (χ1n) is 6.90. The van der Waals surface area contributed by atoms with Crippen LogP contribution in [-0.2, 0) is 0 Å². The highest BCUT2D eigenvalue weighted by Gasteiger charge is 2.40. The molecule has 4 heteroatoms. The maximum atomic E-state index is 6.26. The van der Waals surface area contributed by atoms with E-state index in [1.165, 1.54) is 41.0 Å². The summed E-state index contributed by atoms with van der Waals surface area (Å²) in [4.78, 5) is 4.05. The zero-order valence-electron chi connectivity index (χ0n) is 10.8. The molecule has 2 N–H and O–H groups in total. The molecule has 1 aromatic heterocycles. The van der Waals surface area contributed by atoms with Crippen LogP contribution in [0.15, 0.2) is 15.9 Å². The summed E-state index contributed by atoms with van der Waals surface area (Å²) in [6.07, 6.45) is 4.30. The van der Waals surface area contributed by atoms with E-state index in [0.717, 1.165) is 11.8 Å². The Balaban J connectivity index is 1.79. The number of nitrogens with zero attached hydrogens (tertiary/aromatic N) is 1. The van der Waals surface area contributed by atoms with Crippen LogP contribution in [0.1, 0.15) is 37.1 Å². The Bertz CT molecular complexity index is 406. The van der Waals surface area contributed by atoms with E-state index < -0.39 is 0 Å². The van der Waals surface area contributed by atoms with Gasteiger partial charge in [-0.3, -0.25) is 4.90 Å². The number of nitrogens with two attached hydrogens (primary N) is 1. The number of likely N-dealkylation sites (tertiary alicyclic amines) is 1. The van der Waals surface area contributed by atoms with Crippen molar-refractivity contribution in [1.29, 1.82) is 0 Å². The van der Waals surface area contributed by atoms with Crippen molar-refractivity contribution < 1.29 is 0 Å². The summed E-state index contributed by atoms with van der Waals surface area (Å²) < 4.78 is 1.21. The lowest BCUT2D eigenvalue weighted by Gasteiger charge is -2.30. The molecule has 1 saturated carbocycles. The minimum absolute atomic E-state index is 0.203. The first-order valence-corrected chi connectivity index (χ1v) is 8.51. The molecule has 1 saturated heterocycles. The average Bonchev–Trinajstić information content (AvgIpc) is 2.94. The SMILES string of the molecule is CC(N)C(c1ccc(Br)s1)N1CC2CCCC2C1. The maximum Gasteiger partial charge on any atom is 0.0702 e. The first kappa shape index (κ1) is 13.1. The van der Waals surface area contributed by atoms with Gasteiger partial charge in [0.2, 0.25) is 0 Å². The topological polar surface area (TPSA) is 29.3 Å². The Hall–Kier alpha value is 0.1000. The molecule has 18 heavy (non-hydrogen) atoms. The number of hydrogen-bond acceptors (Lipinski definition) is 3. The quantitative estimate of drug-likeness (QED) is 0.917. The van der Waals surface area contributed by atoms with Gasteiger partial charge in [-0.1, -0.05) is 6.42 Å². The van der Waals surface area contributed by atoms with Gasteiger partial charge in [0.05, 0.1) is 9.83 Å². The number of fused-ring (bicyclic) bond motifs is 1. The summed E-state index contributed by atoms with van der Waals surface area (Å²) in [5.74, 6) is 1.88. The molecular weight excluding hydrogens is 308 g/mol. The van der Waals surface area contributed by atoms with Crippen molar-refractivity contribution in [2.24, 2.45) is 17.6 Å². The van der Waals surface area contributed by atoms with Gasteiger partial charge in [-0.05, 0) is 59.7 Å². The lowest BCUT2D eigenvalue weighted by Crippen LogP contribution is -2.38. The monoisotopic (exact) mass is 328 g/mol. The molecule has 100 valence electrons. The standard InChI is InChI=1S/C14H21BrN2S/c1-9(16)14(12-5-6-13(15)18-12)17-7-10-3-2-4-11(10)8-17/h5-6,9-11,14H,2-4,7-8,16H2,1H3. The molecule has 1 aliphatic heterocycles. The minimum atomic E-state index is 0.203. The highest BCUT2D eigenvalue weighted by Crippen LogP contribution is 2.42. The largest absolute Gasteiger partial charge is 0.326 e. The first-order chi connectivity index (χ1) is 8.65. The fourth-order valence-electron chi connectivity index (χ4n) is 3.76. The number of rotatable bonds is 3. The zero-order chi connectivity index (χ0) is 12.7. The molecule has 0 aromatic carbocycles. The second kappa shape index (κ2) is 5.23. The van der Waals surface area contributed by atoms with Gasteiger partial charge in [-0.15, -0.1) is 11.3 Å². The van der Waals surface area contributed by atoms with E-state index in [1.807, 2.05) is 11.3 Å². The Morgan fingerprint density at radius 1 is 1.33 bits per heavy atom. The van der Waals surface area contributed by atoms with Crippen LogP contribution in [0.25, 0.3) is 0 Å². The predicted octanol–water partition coefficient (Wildman–Crippen LogP) is 3.63. The summed E-state index contributed by atoms with van der Waals surface area (Å²) in [6, 6.07) is 4.99. The van der Waals surface area contributed by atoms with Crippen LogP contribution >= 0.6 is 27.3 Å². The predicted molar refractivity (Wildman–Crippen MR) is 80.8 cm³/mol. The molecule has 0 spiro atoms. The third kappa shape index (κ3) is 2.40. The van der Waals surface area contributed by atoms with Crippen LogP contribution < -0.4 is 5.73 Å². The fraction of sp³-hybridized carbons (Fsp3) is 0.714. The third-order valence-electron chi connectivity index (χ3n) is 4.53. The van der Waals surface area contributed by atoms with E-state index in [0.29, 0.717) is 6.04 Å². The molecule has 2 fully saturated rings. The van der Waals surface area contributed by atoms with Gasteiger partial charge in [0.15, 0.2) is 0 Å². The molecule has 4 unspecified atom stereocenters. The summed E-state index contributed by atoms with van der Waals surface area (Å²) in [5.41, 5.74) is 6.26. The molecular formula is C14H21BrN2S. The lowest BCUT2D eigenvalue weighted by atomic mass is 10.0. The van der Waals surface area contributed by atoms with Crippen LogP contribution in [0.5, 0.6) is 0 Å². The van der Waals surface area contributed by atoms with Crippen molar-refractivity contribution >= 4 is 27.3 Å². The van der Waals surface area contributed by atoms with Crippen molar-refractivity contribution in [3.63, 3.8) is 0 Å².